The number of carbonyl (C=O) groups excluding carboxylic acids is 2. The van der Waals surface area contributed by atoms with Gasteiger partial charge in [-0.05, 0) is 45.7 Å². The molecule has 1 N–H and O–H groups in total. The number of aryl methyl sites for hydroxylation is 3. The fraction of sp³-hybridized carbons (Fsp3) is 0.435. The Morgan fingerprint density at radius 2 is 1.97 bits per heavy atom. The monoisotopic (exact) mass is 437 g/mol. The predicted octanol–water partition coefficient (Wildman–Crippen LogP) is 2.58. The van der Waals surface area contributed by atoms with Gasteiger partial charge in [-0.3, -0.25) is 23.6 Å². The quantitative estimate of drug-likeness (QED) is 0.569. The lowest BCUT2D eigenvalue weighted by Gasteiger charge is -2.15. The van der Waals surface area contributed by atoms with Crippen LogP contribution in [-0.2, 0) is 27.8 Å². The van der Waals surface area contributed by atoms with E-state index in [2.05, 4.69) is 15.4 Å². The van der Waals surface area contributed by atoms with Crippen LogP contribution in [0.5, 0.6) is 0 Å². The summed E-state index contributed by atoms with van der Waals surface area (Å²) in [6, 6.07) is 7.36. The van der Waals surface area contributed by atoms with Crippen molar-refractivity contribution < 1.29 is 14.3 Å². The van der Waals surface area contributed by atoms with Gasteiger partial charge in [-0.15, -0.1) is 0 Å². The first-order valence-electron chi connectivity index (χ1n) is 10.8. The maximum atomic E-state index is 12.9. The highest BCUT2D eigenvalue weighted by Gasteiger charge is 2.29. The number of nitrogens with zero attached hydrogens (tertiary/aromatic N) is 4. The zero-order valence-corrected chi connectivity index (χ0v) is 18.7. The minimum atomic E-state index is -0.961. The van der Waals surface area contributed by atoms with Gasteiger partial charge in [0.2, 0.25) is 0 Å². The summed E-state index contributed by atoms with van der Waals surface area (Å²) in [5, 5.41) is 7.62. The van der Waals surface area contributed by atoms with E-state index in [1.54, 1.807) is 35.4 Å². The molecule has 0 saturated heterocycles. The van der Waals surface area contributed by atoms with Gasteiger partial charge in [0.25, 0.3) is 11.5 Å². The molecule has 0 aliphatic heterocycles. The molecule has 9 nitrogen and oxygen atoms in total. The van der Waals surface area contributed by atoms with Crippen LogP contribution in [0.1, 0.15) is 49.4 Å². The van der Waals surface area contributed by atoms with Crippen molar-refractivity contribution in [2.24, 2.45) is 7.05 Å². The fourth-order valence-electron chi connectivity index (χ4n) is 3.78. The number of carbonyl (C=O) groups is 2. The van der Waals surface area contributed by atoms with Crippen LogP contribution in [0.15, 0.2) is 29.1 Å². The average molecular weight is 438 g/mol. The molecule has 1 atom stereocenters. The molecule has 1 aliphatic rings. The summed E-state index contributed by atoms with van der Waals surface area (Å²) < 4.78 is 8.72. The zero-order valence-electron chi connectivity index (χ0n) is 18.7. The normalized spacial score (nSPS) is 14.4. The summed E-state index contributed by atoms with van der Waals surface area (Å²) in [6.45, 7) is 5.18. The number of fused-ring (bicyclic) bond motifs is 1. The van der Waals surface area contributed by atoms with Gasteiger partial charge in [-0.25, -0.2) is 4.98 Å². The lowest BCUT2D eigenvalue weighted by atomic mass is 10.2. The molecule has 0 spiro atoms. The smallest absolute Gasteiger partial charge is 0.307 e. The second kappa shape index (κ2) is 8.57. The zero-order chi connectivity index (χ0) is 23.0. The molecule has 32 heavy (non-hydrogen) atoms. The van der Waals surface area contributed by atoms with Crippen molar-refractivity contribution in [3.8, 4) is 0 Å². The van der Waals surface area contributed by atoms with Crippen LogP contribution in [0.2, 0.25) is 0 Å². The van der Waals surface area contributed by atoms with Gasteiger partial charge in [0.1, 0.15) is 5.82 Å². The molecule has 9 heteroatoms. The molecule has 1 unspecified atom stereocenters. The highest BCUT2D eigenvalue weighted by atomic mass is 16.5. The number of anilines is 1. The molecule has 3 aromatic rings. The molecule has 2 aromatic heterocycles. The molecule has 0 bridgehead atoms. The molecule has 4 rings (SSSR count). The van der Waals surface area contributed by atoms with Crippen LogP contribution in [0, 0.1) is 13.8 Å². The summed E-state index contributed by atoms with van der Waals surface area (Å²) in [6.07, 6.45) is 1.20. The van der Waals surface area contributed by atoms with E-state index in [1.165, 1.54) is 6.92 Å². The molecule has 2 heterocycles. The fourth-order valence-corrected chi connectivity index (χ4v) is 3.78. The van der Waals surface area contributed by atoms with Crippen LogP contribution in [0.3, 0.4) is 0 Å². The van der Waals surface area contributed by atoms with Gasteiger partial charge in [-0.2, -0.15) is 5.10 Å². The molecule has 1 aliphatic carbocycles. The largest absolute Gasteiger partial charge is 0.453 e. The van der Waals surface area contributed by atoms with E-state index >= 15 is 0 Å². The van der Waals surface area contributed by atoms with Gasteiger partial charge in [-0.1, -0.05) is 12.1 Å². The van der Waals surface area contributed by atoms with Crippen molar-refractivity contribution in [3.05, 3.63) is 51.8 Å². The number of benzene rings is 1. The molecular formula is C23H27N5O4. The minimum absolute atomic E-state index is 0.0278. The number of aromatic nitrogens is 4. The molecule has 168 valence electrons. The van der Waals surface area contributed by atoms with Gasteiger partial charge in [0.15, 0.2) is 6.10 Å². The number of amides is 1. The van der Waals surface area contributed by atoms with Crippen LogP contribution < -0.4 is 10.9 Å². The number of esters is 1. The second-order valence-corrected chi connectivity index (χ2v) is 8.24. The number of para-hydroxylation sites is 1. The van der Waals surface area contributed by atoms with E-state index in [-0.39, 0.29) is 24.4 Å². The first-order chi connectivity index (χ1) is 15.3. The van der Waals surface area contributed by atoms with E-state index < -0.39 is 18.0 Å². The third-order valence-corrected chi connectivity index (χ3v) is 5.78. The first-order valence-corrected chi connectivity index (χ1v) is 10.8. The van der Waals surface area contributed by atoms with Gasteiger partial charge >= 0.3 is 5.97 Å². The van der Waals surface area contributed by atoms with Gasteiger partial charge in [0, 0.05) is 19.5 Å². The lowest BCUT2D eigenvalue weighted by Crippen LogP contribution is -2.31. The molecule has 1 aromatic carbocycles. The third-order valence-electron chi connectivity index (χ3n) is 5.78. The summed E-state index contributed by atoms with van der Waals surface area (Å²) >= 11 is 0. The molecule has 0 radical (unpaired) electrons. The van der Waals surface area contributed by atoms with Crippen molar-refractivity contribution in [1.82, 2.24) is 19.3 Å². The Bertz CT molecular complexity index is 1260. The number of rotatable bonds is 7. The summed E-state index contributed by atoms with van der Waals surface area (Å²) in [7, 11) is 1.80. The Morgan fingerprint density at radius 1 is 1.25 bits per heavy atom. The van der Waals surface area contributed by atoms with Crippen molar-refractivity contribution in [2.75, 3.05) is 5.32 Å². The maximum absolute atomic E-state index is 12.9. The Morgan fingerprint density at radius 3 is 2.62 bits per heavy atom. The van der Waals surface area contributed by atoms with E-state index in [0.717, 1.165) is 18.5 Å². The van der Waals surface area contributed by atoms with E-state index in [1.807, 2.05) is 19.1 Å². The highest BCUT2D eigenvalue weighted by molar-refractivity contribution is 5.96. The Hall–Kier alpha value is -3.49. The SMILES string of the molecule is Cc1nn(C)c(C)c1NC(=O)C(C)OC(=O)CCc1nc2ccccc2c(=O)n1C1CC1. The summed E-state index contributed by atoms with van der Waals surface area (Å²) in [4.78, 5) is 42.5. The number of nitrogens with one attached hydrogen (secondary N) is 1. The van der Waals surface area contributed by atoms with Crippen molar-refractivity contribution >= 4 is 28.5 Å². The molecule has 1 fully saturated rings. The molecule has 1 amide bonds. The standard InChI is InChI=1S/C23H27N5O4/c1-13-21(14(2)27(4)26-13)25-22(30)15(3)32-20(29)12-11-19-24-18-8-6-5-7-17(18)23(31)28(19)16-9-10-16/h5-8,15-16H,9-12H2,1-4H3,(H,25,30). The van der Waals surface area contributed by atoms with E-state index in [4.69, 9.17) is 4.74 Å². The maximum Gasteiger partial charge on any atom is 0.307 e. The highest BCUT2D eigenvalue weighted by Crippen LogP contribution is 2.35. The van der Waals surface area contributed by atoms with Gasteiger partial charge in [0.05, 0.1) is 34.4 Å². The van der Waals surface area contributed by atoms with Crippen LogP contribution in [0.4, 0.5) is 5.69 Å². The molecular weight excluding hydrogens is 410 g/mol. The minimum Gasteiger partial charge on any atom is -0.453 e. The number of ether oxygens (including phenoxy) is 1. The van der Waals surface area contributed by atoms with Crippen molar-refractivity contribution in [2.45, 2.75) is 58.6 Å². The summed E-state index contributed by atoms with van der Waals surface area (Å²) in [5.41, 5.74) is 2.67. The second-order valence-electron chi connectivity index (χ2n) is 8.24. The van der Waals surface area contributed by atoms with Crippen molar-refractivity contribution in [3.63, 3.8) is 0 Å². The molecule has 1 saturated carbocycles. The average Bonchev–Trinajstić information content (AvgIpc) is 3.56. The van der Waals surface area contributed by atoms with E-state index in [0.29, 0.717) is 28.1 Å². The Kier molecular flexibility index (Phi) is 5.82. The lowest BCUT2D eigenvalue weighted by molar-refractivity contribution is -0.153. The Labute approximate surface area is 185 Å². The predicted molar refractivity (Wildman–Crippen MR) is 119 cm³/mol. The van der Waals surface area contributed by atoms with Crippen molar-refractivity contribution in [1.29, 1.82) is 0 Å². The first kappa shape index (κ1) is 21.7. The van der Waals surface area contributed by atoms with Crippen LogP contribution in [-0.4, -0.2) is 37.3 Å². The van der Waals surface area contributed by atoms with Crippen LogP contribution >= 0.6 is 0 Å². The van der Waals surface area contributed by atoms with E-state index in [9.17, 15) is 14.4 Å². The van der Waals surface area contributed by atoms with Gasteiger partial charge < -0.3 is 10.1 Å². The Balaban J connectivity index is 1.42. The number of hydrogen-bond donors (Lipinski definition) is 1. The third kappa shape index (κ3) is 4.28. The topological polar surface area (TPSA) is 108 Å². The van der Waals surface area contributed by atoms with Crippen LogP contribution in [0.25, 0.3) is 10.9 Å². The number of hydrogen-bond acceptors (Lipinski definition) is 6. The summed E-state index contributed by atoms with van der Waals surface area (Å²) in [5.74, 6) is -0.361.